The third-order valence-electron chi connectivity index (χ3n) is 2.72. The molecular weight excluding hydrogens is 226 g/mol. The zero-order chi connectivity index (χ0) is 13.8. The quantitative estimate of drug-likeness (QED) is 0.836. The second-order valence-electron chi connectivity index (χ2n) is 3.92. The monoisotopic (exact) mass is 253 g/mol. The van der Waals surface area contributed by atoms with Gasteiger partial charge in [-0.3, -0.25) is 0 Å². The number of aliphatic hydroxyl groups excluding tert-OH is 1. The number of hydrogen-bond donors (Lipinski definition) is 1. The molecule has 0 saturated carbocycles. The first kappa shape index (κ1) is 16.8. The minimum absolute atomic E-state index is 1.00. The first-order valence-electron chi connectivity index (χ1n) is 6.84. The van der Waals surface area contributed by atoms with E-state index in [1.807, 2.05) is 20.8 Å². The molecule has 1 aliphatic heterocycles. The highest BCUT2D eigenvalue weighted by Gasteiger charge is 2.10. The van der Waals surface area contributed by atoms with Crippen molar-refractivity contribution >= 4 is 5.82 Å². The fraction of sp³-hybridized carbons (Fsp3) is 0.714. The lowest BCUT2D eigenvalue weighted by molar-refractivity contribution is 0.399. The Hall–Kier alpha value is -1.16. The number of anilines is 1. The molecule has 2 heterocycles. The average Bonchev–Trinajstić information content (AvgIpc) is 2.72. The highest BCUT2D eigenvalue weighted by molar-refractivity contribution is 5.38. The van der Waals surface area contributed by atoms with Crippen molar-refractivity contribution in [2.75, 3.05) is 25.1 Å². The molecule has 104 valence electrons. The molecule has 0 aliphatic carbocycles. The fourth-order valence-corrected chi connectivity index (χ4v) is 1.91. The maximum Gasteiger partial charge on any atom is 0.132 e. The smallest absolute Gasteiger partial charge is 0.132 e. The molecule has 0 spiro atoms. The van der Waals surface area contributed by atoms with Gasteiger partial charge in [0.25, 0.3) is 0 Å². The van der Waals surface area contributed by atoms with Gasteiger partial charge in [-0.2, -0.15) is 0 Å². The Balaban J connectivity index is 0.000000659. The van der Waals surface area contributed by atoms with Crippen molar-refractivity contribution in [3.05, 3.63) is 18.1 Å². The molecule has 0 amide bonds. The largest absolute Gasteiger partial charge is 0.400 e. The van der Waals surface area contributed by atoms with Crippen LogP contribution in [0.25, 0.3) is 0 Å². The molecule has 18 heavy (non-hydrogen) atoms. The number of aromatic nitrogens is 2. The number of rotatable bonds is 1. The summed E-state index contributed by atoms with van der Waals surface area (Å²) in [6, 6.07) is 2.07. The molecule has 0 atom stereocenters. The SMILES string of the molecule is CC.CO.Cc1cc(N2CCCCCC2)ncn1. The molecule has 0 aromatic carbocycles. The molecule has 1 fully saturated rings. The van der Waals surface area contributed by atoms with Crippen LogP contribution in [0, 0.1) is 6.92 Å². The van der Waals surface area contributed by atoms with E-state index in [0.717, 1.165) is 31.7 Å². The predicted molar refractivity (Wildman–Crippen MR) is 76.9 cm³/mol. The zero-order valence-electron chi connectivity index (χ0n) is 12.2. The lowest BCUT2D eigenvalue weighted by atomic mass is 10.2. The fourth-order valence-electron chi connectivity index (χ4n) is 1.91. The molecular formula is C14H27N3O. The van der Waals surface area contributed by atoms with E-state index < -0.39 is 0 Å². The first-order valence-corrected chi connectivity index (χ1v) is 6.84. The molecule has 4 heteroatoms. The van der Waals surface area contributed by atoms with E-state index in [-0.39, 0.29) is 0 Å². The molecule has 1 aromatic heterocycles. The van der Waals surface area contributed by atoms with E-state index in [0.29, 0.717) is 0 Å². The van der Waals surface area contributed by atoms with Gasteiger partial charge in [0, 0.05) is 32.0 Å². The van der Waals surface area contributed by atoms with Crippen LogP contribution in [0.4, 0.5) is 5.82 Å². The molecule has 1 aliphatic rings. The van der Waals surface area contributed by atoms with Crippen molar-refractivity contribution in [3.8, 4) is 0 Å². The van der Waals surface area contributed by atoms with Crippen LogP contribution in [0.5, 0.6) is 0 Å². The third kappa shape index (κ3) is 5.96. The average molecular weight is 253 g/mol. The van der Waals surface area contributed by atoms with Crippen LogP contribution >= 0.6 is 0 Å². The summed E-state index contributed by atoms with van der Waals surface area (Å²) in [5.41, 5.74) is 1.05. The van der Waals surface area contributed by atoms with Crippen molar-refractivity contribution in [1.82, 2.24) is 9.97 Å². The standard InChI is InChI=1S/C11H17N3.C2H6.CH4O/c1-10-8-11(13-9-12-10)14-6-4-2-3-5-7-14;2*1-2/h8-9H,2-7H2,1H3;1-2H3;2H,1H3. The number of nitrogens with zero attached hydrogens (tertiary/aromatic N) is 3. The van der Waals surface area contributed by atoms with E-state index in [4.69, 9.17) is 5.11 Å². The van der Waals surface area contributed by atoms with Crippen LogP contribution in [-0.4, -0.2) is 35.3 Å². The lowest BCUT2D eigenvalue weighted by Crippen LogP contribution is -2.24. The van der Waals surface area contributed by atoms with Gasteiger partial charge < -0.3 is 10.0 Å². The van der Waals surface area contributed by atoms with Crippen LogP contribution < -0.4 is 4.90 Å². The molecule has 2 rings (SSSR count). The van der Waals surface area contributed by atoms with Crippen molar-refractivity contribution in [3.63, 3.8) is 0 Å². The first-order chi connectivity index (χ1) is 8.86. The summed E-state index contributed by atoms with van der Waals surface area (Å²) in [4.78, 5) is 10.8. The van der Waals surface area contributed by atoms with Gasteiger partial charge in [-0.15, -0.1) is 0 Å². The van der Waals surface area contributed by atoms with Gasteiger partial charge >= 0.3 is 0 Å². The molecule has 1 aromatic rings. The summed E-state index contributed by atoms with van der Waals surface area (Å²) in [5.74, 6) is 1.10. The number of hydrogen-bond acceptors (Lipinski definition) is 4. The van der Waals surface area contributed by atoms with Crippen LogP contribution in [0.3, 0.4) is 0 Å². The minimum atomic E-state index is 1.00. The van der Waals surface area contributed by atoms with Gasteiger partial charge in [-0.1, -0.05) is 26.7 Å². The molecule has 4 nitrogen and oxygen atoms in total. The van der Waals surface area contributed by atoms with Crippen LogP contribution in [0.1, 0.15) is 45.2 Å². The maximum atomic E-state index is 7.00. The van der Waals surface area contributed by atoms with Crippen molar-refractivity contribution < 1.29 is 5.11 Å². The second kappa shape index (κ2) is 11.0. The van der Waals surface area contributed by atoms with E-state index >= 15 is 0 Å². The van der Waals surface area contributed by atoms with Gasteiger partial charge in [0.1, 0.15) is 12.1 Å². The van der Waals surface area contributed by atoms with E-state index in [1.165, 1.54) is 25.7 Å². The minimum Gasteiger partial charge on any atom is -0.400 e. The summed E-state index contributed by atoms with van der Waals surface area (Å²) in [5, 5.41) is 7.00. The van der Waals surface area contributed by atoms with Crippen LogP contribution in [0.15, 0.2) is 12.4 Å². The molecule has 1 saturated heterocycles. The Morgan fingerprint density at radius 3 is 2.06 bits per heavy atom. The molecule has 0 bridgehead atoms. The van der Waals surface area contributed by atoms with Gasteiger partial charge in [0.2, 0.25) is 0 Å². The van der Waals surface area contributed by atoms with Crippen molar-refractivity contribution in [2.45, 2.75) is 46.5 Å². The summed E-state index contributed by atoms with van der Waals surface area (Å²) < 4.78 is 0. The van der Waals surface area contributed by atoms with Crippen LogP contribution in [-0.2, 0) is 0 Å². The lowest BCUT2D eigenvalue weighted by Gasteiger charge is -2.21. The summed E-state index contributed by atoms with van der Waals surface area (Å²) in [7, 11) is 1.00. The Morgan fingerprint density at radius 2 is 1.56 bits per heavy atom. The van der Waals surface area contributed by atoms with Crippen molar-refractivity contribution in [1.29, 1.82) is 0 Å². The highest BCUT2D eigenvalue weighted by atomic mass is 16.2. The Morgan fingerprint density at radius 1 is 1.00 bits per heavy atom. The van der Waals surface area contributed by atoms with Gasteiger partial charge in [0.15, 0.2) is 0 Å². The summed E-state index contributed by atoms with van der Waals surface area (Å²) in [6.07, 6.45) is 6.97. The predicted octanol–water partition coefficient (Wildman–Crippen LogP) is 2.80. The van der Waals surface area contributed by atoms with Crippen LogP contribution in [0.2, 0.25) is 0 Å². The van der Waals surface area contributed by atoms with E-state index in [1.54, 1.807) is 6.33 Å². The second-order valence-corrected chi connectivity index (χ2v) is 3.92. The van der Waals surface area contributed by atoms with Gasteiger partial charge in [-0.25, -0.2) is 9.97 Å². The maximum absolute atomic E-state index is 7.00. The normalized spacial score (nSPS) is 14.6. The van der Waals surface area contributed by atoms with Crippen molar-refractivity contribution in [2.24, 2.45) is 0 Å². The third-order valence-corrected chi connectivity index (χ3v) is 2.72. The summed E-state index contributed by atoms with van der Waals surface area (Å²) >= 11 is 0. The zero-order valence-corrected chi connectivity index (χ0v) is 12.2. The molecule has 0 radical (unpaired) electrons. The van der Waals surface area contributed by atoms with E-state index in [9.17, 15) is 0 Å². The Labute approximate surface area is 111 Å². The summed E-state index contributed by atoms with van der Waals surface area (Å²) in [6.45, 7) is 8.32. The Kier molecular flexibility index (Phi) is 10.3. The number of aliphatic hydroxyl groups is 1. The topological polar surface area (TPSA) is 49.2 Å². The molecule has 0 unspecified atom stereocenters. The number of aryl methyl sites for hydroxylation is 1. The molecule has 1 N–H and O–H groups in total. The highest BCUT2D eigenvalue weighted by Crippen LogP contribution is 2.16. The Bertz CT molecular complexity index is 297. The van der Waals surface area contributed by atoms with E-state index in [2.05, 4.69) is 20.9 Å². The van der Waals surface area contributed by atoms with Gasteiger partial charge in [0.05, 0.1) is 0 Å². The van der Waals surface area contributed by atoms with Gasteiger partial charge in [-0.05, 0) is 19.8 Å².